The fraction of sp³-hybridized carbons (Fsp3) is 0.700. The van der Waals surface area contributed by atoms with Gasteiger partial charge in [0.05, 0.1) is 24.3 Å². The minimum absolute atomic E-state index is 0.239. The number of carboxylic acid groups (broad SMARTS) is 1. The van der Waals surface area contributed by atoms with E-state index in [0.717, 1.165) is 12.8 Å². The monoisotopic (exact) mass is 506 g/mol. The summed E-state index contributed by atoms with van der Waals surface area (Å²) in [5, 5.41) is 8.52. The molecule has 36 heavy (non-hydrogen) atoms. The van der Waals surface area contributed by atoms with Gasteiger partial charge in [-0.2, -0.15) is 0 Å². The number of unbranched alkanes of at least 4 members (excludes halogenated alkanes) is 14. The third kappa shape index (κ3) is 18.9. The maximum atomic E-state index is 11.5. The molecule has 0 aliphatic rings. The molecule has 1 aromatic rings. The smallest absolute Gasteiger partial charge is 0.338 e. The number of benzene rings is 1. The summed E-state index contributed by atoms with van der Waals surface area (Å²) in [7, 11) is 0. The second-order valence-corrected chi connectivity index (χ2v) is 9.08. The molecular formula is C30H50O6. The predicted molar refractivity (Wildman–Crippen MR) is 146 cm³/mol. The first-order chi connectivity index (χ1) is 17.5. The van der Waals surface area contributed by atoms with E-state index >= 15 is 0 Å². The largest absolute Gasteiger partial charge is 0.481 e. The van der Waals surface area contributed by atoms with E-state index in [9.17, 15) is 14.4 Å². The van der Waals surface area contributed by atoms with Crippen molar-refractivity contribution in [2.75, 3.05) is 13.2 Å². The molecule has 0 atom stereocenters. The lowest BCUT2D eigenvalue weighted by molar-refractivity contribution is -0.137. The summed E-state index contributed by atoms with van der Waals surface area (Å²) in [6, 6.07) is 6.44. The van der Waals surface area contributed by atoms with Crippen molar-refractivity contribution in [3.8, 4) is 0 Å². The molecule has 0 spiro atoms. The molecule has 0 heterocycles. The van der Waals surface area contributed by atoms with Gasteiger partial charge in [0, 0.05) is 6.42 Å². The summed E-state index contributed by atoms with van der Waals surface area (Å²) in [5.41, 5.74) is 0.477. The molecule has 1 N–H and O–H groups in total. The van der Waals surface area contributed by atoms with Gasteiger partial charge in [-0.3, -0.25) is 4.79 Å². The zero-order valence-corrected chi connectivity index (χ0v) is 23.0. The van der Waals surface area contributed by atoms with Gasteiger partial charge in [-0.15, -0.1) is 0 Å². The average Bonchev–Trinajstić information content (AvgIpc) is 2.87. The molecule has 0 saturated heterocycles. The van der Waals surface area contributed by atoms with Crippen molar-refractivity contribution in [1.82, 2.24) is 0 Å². The number of ether oxygens (including phenoxy) is 2. The van der Waals surface area contributed by atoms with Gasteiger partial charge in [0.15, 0.2) is 0 Å². The van der Waals surface area contributed by atoms with Crippen LogP contribution in [0.5, 0.6) is 0 Å². The Bertz CT molecular complexity index is 663. The van der Waals surface area contributed by atoms with Crippen molar-refractivity contribution in [3.63, 3.8) is 0 Å². The molecule has 1 aromatic carbocycles. The predicted octanol–water partition coefficient (Wildman–Crippen LogP) is 8.37. The Labute approximate surface area is 219 Å². The quantitative estimate of drug-likeness (QED) is 0.141. The topological polar surface area (TPSA) is 89.9 Å². The Kier molecular flexibility index (Phi) is 22.7. The molecule has 0 aromatic heterocycles. The first-order valence-corrected chi connectivity index (χ1v) is 14.1. The summed E-state index contributed by atoms with van der Waals surface area (Å²) in [6.45, 7) is 6.24. The van der Waals surface area contributed by atoms with Crippen molar-refractivity contribution >= 4 is 17.9 Å². The Morgan fingerprint density at radius 2 is 0.917 bits per heavy atom. The number of carbonyl (C=O) groups is 3. The van der Waals surface area contributed by atoms with E-state index in [1.54, 1.807) is 38.1 Å². The highest BCUT2D eigenvalue weighted by Gasteiger charge is 2.17. The highest BCUT2D eigenvalue weighted by Crippen LogP contribution is 2.14. The lowest BCUT2D eigenvalue weighted by Crippen LogP contribution is -2.13. The van der Waals surface area contributed by atoms with Gasteiger partial charge in [-0.05, 0) is 32.4 Å². The normalized spacial score (nSPS) is 10.3. The molecule has 0 saturated carbocycles. The molecule has 0 aliphatic heterocycles. The van der Waals surface area contributed by atoms with Crippen LogP contribution in [-0.2, 0) is 14.3 Å². The van der Waals surface area contributed by atoms with E-state index in [4.69, 9.17) is 14.6 Å². The van der Waals surface area contributed by atoms with Gasteiger partial charge in [-0.1, -0.05) is 109 Å². The van der Waals surface area contributed by atoms with Gasteiger partial charge in [-0.25, -0.2) is 9.59 Å². The Morgan fingerprint density at radius 1 is 0.583 bits per heavy atom. The Morgan fingerprint density at radius 3 is 1.22 bits per heavy atom. The van der Waals surface area contributed by atoms with E-state index in [-0.39, 0.29) is 24.3 Å². The number of hydrogen-bond donors (Lipinski definition) is 1. The van der Waals surface area contributed by atoms with Crippen LogP contribution in [0.15, 0.2) is 24.3 Å². The van der Waals surface area contributed by atoms with E-state index in [0.29, 0.717) is 6.42 Å². The Balaban J connectivity index is 0.000000696. The third-order valence-corrected chi connectivity index (χ3v) is 5.91. The number of aliphatic carboxylic acids is 1. The van der Waals surface area contributed by atoms with Gasteiger partial charge >= 0.3 is 17.9 Å². The lowest BCUT2D eigenvalue weighted by atomic mass is 10.0. The molecule has 0 unspecified atom stereocenters. The lowest BCUT2D eigenvalue weighted by Gasteiger charge is -2.07. The van der Waals surface area contributed by atoms with Gasteiger partial charge in [0.1, 0.15) is 0 Å². The van der Waals surface area contributed by atoms with E-state index < -0.39 is 17.9 Å². The van der Waals surface area contributed by atoms with Crippen molar-refractivity contribution < 1.29 is 29.0 Å². The van der Waals surface area contributed by atoms with Crippen LogP contribution in [0.1, 0.15) is 144 Å². The second kappa shape index (κ2) is 24.3. The summed E-state index contributed by atoms with van der Waals surface area (Å²) in [5.74, 6) is -1.67. The van der Waals surface area contributed by atoms with Crippen LogP contribution in [0.4, 0.5) is 0 Å². The average molecular weight is 507 g/mol. The molecule has 6 nitrogen and oxygen atoms in total. The molecule has 206 valence electrons. The fourth-order valence-electron chi connectivity index (χ4n) is 3.90. The molecule has 0 radical (unpaired) electrons. The first kappa shape index (κ1) is 33.6. The highest BCUT2D eigenvalue weighted by atomic mass is 16.5. The zero-order chi connectivity index (χ0) is 26.9. The van der Waals surface area contributed by atoms with Crippen LogP contribution in [-0.4, -0.2) is 36.2 Å². The van der Waals surface area contributed by atoms with E-state index in [1.807, 2.05) is 0 Å². The van der Waals surface area contributed by atoms with Crippen LogP contribution >= 0.6 is 0 Å². The summed E-state index contributed by atoms with van der Waals surface area (Å²) < 4.78 is 9.70. The van der Waals surface area contributed by atoms with Crippen LogP contribution in [0.3, 0.4) is 0 Å². The van der Waals surface area contributed by atoms with Crippen molar-refractivity contribution in [1.29, 1.82) is 0 Å². The SMILES string of the molecule is CCCCCCCCCCCCCCCCCC(=O)O.CCOC(=O)c1ccccc1C(=O)OCC. The highest BCUT2D eigenvalue weighted by molar-refractivity contribution is 6.03. The van der Waals surface area contributed by atoms with Crippen molar-refractivity contribution in [3.05, 3.63) is 35.4 Å². The zero-order valence-electron chi connectivity index (χ0n) is 23.0. The summed E-state index contributed by atoms with van der Waals surface area (Å²) in [4.78, 5) is 33.4. The first-order valence-electron chi connectivity index (χ1n) is 14.1. The minimum atomic E-state index is -0.653. The van der Waals surface area contributed by atoms with Crippen LogP contribution in [0.25, 0.3) is 0 Å². The van der Waals surface area contributed by atoms with E-state index in [2.05, 4.69) is 6.92 Å². The maximum absolute atomic E-state index is 11.5. The number of esters is 2. The minimum Gasteiger partial charge on any atom is -0.481 e. The molecular weight excluding hydrogens is 456 g/mol. The summed E-state index contributed by atoms with van der Waals surface area (Å²) >= 11 is 0. The molecule has 0 amide bonds. The third-order valence-electron chi connectivity index (χ3n) is 5.91. The molecule has 0 fully saturated rings. The number of carbonyl (C=O) groups excluding carboxylic acids is 2. The number of hydrogen-bond acceptors (Lipinski definition) is 5. The number of rotatable bonds is 20. The molecule has 6 heteroatoms. The summed E-state index contributed by atoms with van der Waals surface area (Å²) in [6.07, 6.45) is 20.2. The fourth-order valence-corrected chi connectivity index (χ4v) is 3.90. The Hall–Kier alpha value is -2.37. The maximum Gasteiger partial charge on any atom is 0.338 e. The van der Waals surface area contributed by atoms with Gasteiger partial charge < -0.3 is 14.6 Å². The van der Waals surface area contributed by atoms with Crippen LogP contribution in [0, 0.1) is 0 Å². The molecule has 1 rings (SSSR count). The number of carboxylic acids is 1. The van der Waals surface area contributed by atoms with Gasteiger partial charge in [0.25, 0.3) is 0 Å². The van der Waals surface area contributed by atoms with Crippen LogP contribution < -0.4 is 0 Å². The van der Waals surface area contributed by atoms with E-state index in [1.165, 1.54) is 83.5 Å². The van der Waals surface area contributed by atoms with Crippen molar-refractivity contribution in [2.24, 2.45) is 0 Å². The second-order valence-electron chi connectivity index (χ2n) is 9.08. The van der Waals surface area contributed by atoms with Gasteiger partial charge in [0.2, 0.25) is 0 Å². The molecule has 0 bridgehead atoms. The molecule has 0 aliphatic carbocycles. The van der Waals surface area contributed by atoms with Crippen LogP contribution in [0.2, 0.25) is 0 Å². The van der Waals surface area contributed by atoms with Crippen molar-refractivity contribution in [2.45, 2.75) is 124 Å². The standard InChI is InChI=1S/C18H36O2.C12H14O4/c1-2-3-4-5-6-7-8-9-10-11-12-13-14-15-16-17-18(19)20;1-3-15-11(13)9-7-5-6-8-10(9)12(14)16-4-2/h2-17H2,1H3,(H,19,20);5-8H,3-4H2,1-2H3.